The zero-order chi connectivity index (χ0) is 13.8. The molecule has 1 rings (SSSR count). The van der Waals surface area contributed by atoms with Crippen LogP contribution >= 0.6 is 0 Å². The molecule has 1 heterocycles. The minimum absolute atomic E-state index is 0.0916. The number of aromatic nitrogens is 2. The number of nitrogen functional groups attached to an aromatic ring is 1. The molecule has 0 saturated heterocycles. The summed E-state index contributed by atoms with van der Waals surface area (Å²) in [6.07, 6.45) is -3.72. The van der Waals surface area contributed by atoms with Crippen molar-refractivity contribution in [1.29, 1.82) is 0 Å². The Morgan fingerprint density at radius 2 is 1.83 bits per heavy atom. The third-order valence-corrected chi connectivity index (χ3v) is 3.30. The van der Waals surface area contributed by atoms with Gasteiger partial charge in [-0.1, -0.05) is 0 Å². The molecule has 3 N–H and O–H groups in total. The van der Waals surface area contributed by atoms with Crippen molar-refractivity contribution >= 4 is 16.0 Å². The molecule has 0 aliphatic rings. The van der Waals surface area contributed by atoms with Crippen LogP contribution in [0.5, 0.6) is 0 Å². The molecule has 0 saturated carbocycles. The Morgan fingerprint density at radius 1 is 1.28 bits per heavy atom. The summed E-state index contributed by atoms with van der Waals surface area (Å²) in [6, 6.07) is 0. The highest BCUT2D eigenvalue weighted by atomic mass is 32.2. The van der Waals surface area contributed by atoms with Gasteiger partial charge in [0.15, 0.2) is 0 Å². The molecule has 0 atom stereocenters. The number of nitrogens with two attached hydrogens (primary N) is 1. The summed E-state index contributed by atoms with van der Waals surface area (Å²) in [7, 11) is -3.89. The van der Waals surface area contributed by atoms with Gasteiger partial charge in [0.1, 0.15) is 4.90 Å². The fraction of sp³-hybridized carbons (Fsp3) is 0.500. The van der Waals surface area contributed by atoms with Crippen LogP contribution in [0.3, 0.4) is 0 Å². The average Bonchev–Trinajstić information content (AvgIpc) is 2.24. The first-order valence-electron chi connectivity index (χ1n) is 4.85. The zero-order valence-corrected chi connectivity index (χ0v) is 9.92. The van der Waals surface area contributed by atoms with Crippen molar-refractivity contribution in [2.75, 3.05) is 12.3 Å². The van der Waals surface area contributed by atoms with E-state index in [-0.39, 0.29) is 23.8 Å². The highest BCUT2D eigenvalue weighted by Gasteiger charge is 2.26. The molecule has 10 heteroatoms. The Balaban J connectivity index is 2.53. The van der Waals surface area contributed by atoms with Gasteiger partial charge in [-0.05, 0) is 6.42 Å². The number of hydrogen-bond acceptors (Lipinski definition) is 5. The van der Waals surface area contributed by atoms with Crippen molar-refractivity contribution in [2.24, 2.45) is 0 Å². The summed E-state index contributed by atoms with van der Waals surface area (Å²) < 4.78 is 60.6. The summed E-state index contributed by atoms with van der Waals surface area (Å²) in [5, 5.41) is 0. The molecule has 0 spiro atoms. The molecule has 0 fully saturated rings. The van der Waals surface area contributed by atoms with Crippen LogP contribution in [0.2, 0.25) is 0 Å². The summed E-state index contributed by atoms with van der Waals surface area (Å²) in [4.78, 5) is 6.71. The topological polar surface area (TPSA) is 98.0 Å². The number of anilines is 1. The first-order chi connectivity index (χ1) is 8.21. The number of nitrogens with zero attached hydrogens (tertiary/aromatic N) is 2. The fourth-order valence-corrected chi connectivity index (χ4v) is 2.01. The van der Waals surface area contributed by atoms with Crippen LogP contribution in [-0.4, -0.2) is 31.1 Å². The van der Waals surface area contributed by atoms with E-state index in [1.54, 1.807) is 0 Å². The van der Waals surface area contributed by atoms with E-state index in [9.17, 15) is 21.6 Å². The number of rotatable bonds is 5. The number of sulfonamides is 1. The van der Waals surface area contributed by atoms with Gasteiger partial charge in [-0.15, -0.1) is 0 Å². The molecule has 0 unspecified atom stereocenters. The lowest BCUT2D eigenvalue weighted by atomic mass is 10.3. The standard InChI is InChI=1S/C8H11F3N4O2S/c9-8(10,11)2-1-3-15-18(16,17)6-4-13-7(12)14-5-6/h4-5,15H,1-3H2,(H2,12,13,14). The summed E-state index contributed by atoms with van der Waals surface area (Å²) in [6.45, 7) is -0.313. The van der Waals surface area contributed by atoms with Crippen LogP contribution in [0.4, 0.5) is 19.1 Å². The van der Waals surface area contributed by atoms with E-state index >= 15 is 0 Å². The van der Waals surface area contributed by atoms with Gasteiger partial charge in [0, 0.05) is 13.0 Å². The molecule has 0 aliphatic heterocycles. The number of nitrogens with one attached hydrogen (secondary N) is 1. The van der Waals surface area contributed by atoms with Crippen LogP contribution in [0, 0.1) is 0 Å². The van der Waals surface area contributed by atoms with Crippen LogP contribution in [0.1, 0.15) is 12.8 Å². The van der Waals surface area contributed by atoms with E-state index in [0.29, 0.717) is 0 Å². The van der Waals surface area contributed by atoms with Gasteiger partial charge in [0.05, 0.1) is 12.4 Å². The lowest BCUT2D eigenvalue weighted by molar-refractivity contribution is -0.135. The third kappa shape index (κ3) is 4.84. The molecule has 6 nitrogen and oxygen atoms in total. The Morgan fingerprint density at radius 3 is 2.33 bits per heavy atom. The second-order valence-corrected chi connectivity index (χ2v) is 5.16. The van der Waals surface area contributed by atoms with Crippen LogP contribution in [0.25, 0.3) is 0 Å². The molecule has 0 aliphatic carbocycles. The maximum atomic E-state index is 11.8. The molecular weight excluding hydrogens is 273 g/mol. The molecule has 102 valence electrons. The van der Waals surface area contributed by atoms with E-state index < -0.39 is 22.6 Å². The Bertz CT molecular complexity index is 486. The van der Waals surface area contributed by atoms with E-state index in [4.69, 9.17) is 5.73 Å². The largest absolute Gasteiger partial charge is 0.389 e. The molecular formula is C8H11F3N4O2S. The lowest BCUT2D eigenvalue weighted by Gasteiger charge is -2.07. The Hall–Kier alpha value is -1.42. The summed E-state index contributed by atoms with van der Waals surface area (Å²) in [5.41, 5.74) is 5.18. The minimum Gasteiger partial charge on any atom is -0.368 e. The molecule has 18 heavy (non-hydrogen) atoms. The molecule has 0 amide bonds. The Labute approximate surface area is 101 Å². The van der Waals surface area contributed by atoms with Gasteiger partial charge >= 0.3 is 6.18 Å². The number of alkyl halides is 3. The normalized spacial score (nSPS) is 12.6. The van der Waals surface area contributed by atoms with Crippen molar-refractivity contribution in [1.82, 2.24) is 14.7 Å². The smallest absolute Gasteiger partial charge is 0.368 e. The summed E-state index contributed by atoms with van der Waals surface area (Å²) >= 11 is 0. The van der Waals surface area contributed by atoms with Crippen molar-refractivity contribution in [2.45, 2.75) is 23.9 Å². The van der Waals surface area contributed by atoms with E-state index in [1.807, 2.05) is 4.72 Å². The third-order valence-electron chi connectivity index (χ3n) is 1.89. The first kappa shape index (κ1) is 14.6. The lowest BCUT2D eigenvalue weighted by Crippen LogP contribution is -2.26. The fourth-order valence-electron chi connectivity index (χ4n) is 1.04. The van der Waals surface area contributed by atoms with Gasteiger partial charge < -0.3 is 5.73 Å². The Kier molecular flexibility index (Phi) is 4.46. The highest BCUT2D eigenvalue weighted by molar-refractivity contribution is 7.89. The second kappa shape index (κ2) is 5.48. The van der Waals surface area contributed by atoms with Gasteiger partial charge in [-0.3, -0.25) is 0 Å². The highest BCUT2D eigenvalue weighted by Crippen LogP contribution is 2.20. The van der Waals surface area contributed by atoms with Crippen LogP contribution in [0.15, 0.2) is 17.3 Å². The van der Waals surface area contributed by atoms with Gasteiger partial charge in [0.25, 0.3) is 0 Å². The average molecular weight is 284 g/mol. The maximum absolute atomic E-state index is 11.8. The quantitative estimate of drug-likeness (QED) is 0.775. The van der Waals surface area contributed by atoms with Crippen molar-refractivity contribution in [3.05, 3.63) is 12.4 Å². The monoisotopic (exact) mass is 284 g/mol. The predicted molar refractivity (Wildman–Crippen MR) is 56.9 cm³/mol. The van der Waals surface area contributed by atoms with Gasteiger partial charge in [-0.25, -0.2) is 23.1 Å². The van der Waals surface area contributed by atoms with E-state index in [0.717, 1.165) is 12.4 Å². The molecule has 0 aromatic carbocycles. The number of hydrogen-bond donors (Lipinski definition) is 2. The van der Waals surface area contributed by atoms with E-state index in [1.165, 1.54) is 0 Å². The van der Waals surface area contributed by atoms with Crippen LogP contribution < -0.4 is 10.5 Å². The minimum atomic E-state index is -4.30. The van der Waals surface area contributed by atoms with Crippen molar-refractivity contribution in [3.8, 4) is 0 Å². The zero-order valence-electron chi connectivity index (χ0n) is 9.11. The maximum Gasteiger partial charge on any atom is 0.389 e. The van der Waals surface area contributed by atoms with Crippen LogP contribution in [-0.2, 0) is 10.0 Å². The molecule has 0 bridgehead atoms. The van der Waals surface area contributed by atoms with Gasteiger partial charge in [0.2, 0.25) is 16.0 Å². The second-order valence-electron chi connectivity index (χ2n) is 3.39. The summed E-state index contributed by atoms with van der Waals surface area (Å²) in [5.74, 6) is -0.0916. The predicted octanol–water partition coefficient (Wildman–Crippen LogP) is 0.680. The molecule has 1 aromatic rings. The van der Waals surface area contributed by atoms with Crippen molar-refractivity contribution < 1.29 is 21.6 Å². The molecule has 0 radical (unpaired) electrons. The number of halogens is 3. The van der Waals surface area contributed by atoms with E-state index in [2.05, 4.69) is 9.97 Å². The van der Waals surface area contributed by atoms with Crippen molar-refractivity contribution in [3.63, 3.8) is 0 Å². The van der Waals surface area contributed by atoms with Gasteiger partial charge in [-0.2, -0.15) is 13.2 Å². The molecule has 1 aromatic heterocycles. The SMILES string of the molecule is Nc1ncc(S(=O)(=O)NCCCC(F)(F)F)cn1. The first-order valence-corrected chi connectivity index (χ1v) is 6.33.